The van der Waals surface area contributed by atoms with Crippen molar-refractivity contribution in [1.29, 1.82) is 0 Å². The molecule has 1 N–H and O–H groups in total. The van der Waals surface area contributed by atoms with Crippen LogP contribution in [0.5, 0.6) is 0 Å². The van der Waals surface area contributed by atoms with Crippen LogP contribution in [0, 0.1) is 13.8 Å². The number of carbonyl (C=O) groups excluding carboxylic acids is 1. The number of nitrogens with zero attached hydrogens (tertiary/aromatic N) is 2. The number of halogens is 1. The molecule has 31 heavy (non-hydrogen) atoms. The quantitative estimate of drug-likeness (QED) is 0.490. The van der Waals surface area contributed by atoms with Crippen LogP contribution in [0.25, 0.3) is 16.3 Å². The summed E-state index contributed by atoms with van der Waals surface area (Å²) < 4.78 is 14.2. The largest absolute Gasteiger partial charge is 0.494 e. The molecule has 3 aromatic rings. The van der Waals surface area contributed by atoms with Gasteiger partial charge in [-0.1, -0.05) is 11.6 Å². The summed E-state index contributed by atoms with van der Waals surface area (Å²) in [5.41, 5.74) is 5.16. The average molecular weight is 458 g/mol. The molecular formula is C23H24ClN3O3S. The Kier molecular flexibility index (Phi) is 5.35. The van der Waals surface area contributed by atoms with E-state index < -0.39 is 11.7 Å². The Bertz CT molecular complexity index is 1280. The molecular weight excluding hydrogens is 434 g/mol. The fourth-order valence-electron chi connectivity index (χ4n) is 3.50. The van der Waals surface area contributed by atoms with Gasteiger partial charge in [0.05, 0.1) is 33.1 Å². The highest BCUT2D eigenvalue weighted by atomic mass is 35.5. The number of carbonyl (C=O) groups is 1. The standard InChI is InChI=1S/C23H24ClN3O3S/c1-12-7-13(2)25-14(12)8-16-19(29-6)9-15(26-16)17-10-20-18(11-21(24)31-20)27(17)22(28)30-23(3,4)5/h7-11,25H,1-6H3/b16-8-. The average Bonchev–Trinajstić information content (AvgIpc) is 3.36. The van der Waals surface area contributed by atoms with Crippen LogP contribution in [0.15, 0.2) is 40.7 Å². The first-order chi connectivity index (χ1) is 14.6. The first-order valence-corrected chi connectivity index (χ1v) is 11.0. The highest BCUT2D eigenvalue weighted by Crippen LogP contribution is 2.35. The van der Waals surface area contributed by atoms with Crippen molar-refractivity contribution in [2.45, 2.75) is 40.2 Å². The number of aromatic amines is 1. The van der Waals surface area contributed by atoms with Crippen molar-refractivity contribution in [2.75, 3.05) is 7.11 Å². The number of allylic oxidation sites excluding steroid dienone is 1. The van der Waals surface area contributed by atoms with Crippen LogP contribution < -0.4 is 0 Å². The second-order valence-electron chi connectivity index (χ2n) is 8.43. The maximum absolute atomic E-state index is 13.1. The summed E-state index contributed by atoms with van der Waals surface area (Å²) in [7, 11) is 1.61. The van der Waals surface area contributed by atoms with E-state index >= 15 is 0 Å². The van der Waals surface area contributed by atoms with Crippen LogP contribution in [0.1, 0.15) is 43.4 Å². The fourth-order valence-corrected chi connectivity index (χ4v) is 4.66. The van der Waals surface area contributed by atoms with Crippen molar-refractivity contribution in [1.82, 2.24) is 9.55 Å². The van der Waals surface area contributed by atoms with Crippen molar-refractivity contribution < 1.29 is 14.3 Å². The van der Waals surface area contributed by atoms with Crippen molar-refractivity contribution in [3.63, 3.8) is 0 Å². The predicted molar refractivity (Wildman–Crippen MR) is 126 cm³/mol. The van der Waals surface area contributed by atoms with Gasteiger partial charge in [-0.2, -0.15) is 0 Å². The number of fused-ring (bicyclic) bond motifs is 1. The number of thiophene rings is 1. The van der Waals surface area contributed by atoms with Gasteiger partial charge in [0.15, 0.2) is 0 Å². The van der Waals surface area contributed by atoms with Gasteiger partial charge in [0, 0.05) is 17.5 Å². The number of methoxy groups -OCH3 is 1. The van der Waals surface area contributed by atoms with Crippen LogP contribution in [0.2, 0.25) is 4.34 Å². The smallest absolute Gasteiger partial charge is 0.419 e. The van der Waals surface area contributed by atoms with E-state index in [9.17, 15) is 4.79 Å². The molecule has 0 fully saturated rings. The van der Waals surface area contributed by atoms with Crippen molar-refractivity contribution in [2.24, 2.45) is 4.99 Å². The monoisotopic (exact) mass is 457 g/mol. The number of H-pyrrole nitrogens is 1. The van der Waals surface area contributed by atoms with Crippen LogP contribution in [0.3, 0.4) is 0 Å². The minimum atomic E-state index is -0.635. The molecule has 1 aliphatic rings. The Labute approximate surface area is 189 Å². The summed E-state index contributed by atoms with van der Waals surface area (Å²) in [6.45, 7) is 9.56. The lowest BCUT2D eigenvalue weighted by Gasteiger charge is -2.20. The molecule has 8 heteroatoms. The molecule has 4 heterocycles. The maximum Gasteiger partial charge on any atom is 0.419 e. The van der Waals surface area contributed by atoms with E-state index in [2.05, 4.69) is 11.1 Å². The van der Waals surface area contributed by atoms with E-state index in [1.165, 1.54) is 15.9 Å². The molecule has 0 spiro atoms. The first-order valence-electron chi connectivity index (χ1n) is 9.83. The molecule has 3 aromatic heterocycles. The van der Waals surface area contributed by atoms with Crippen molar-refractivity contribution in [3.05, 3.63) is 62.7 Å². The molecule has 0 saturated heterocycles. The van der Waals surface area contributed by atoms with Gasteiger partial charge in [0.2, 0.25) is 0 Å². The minimum Gasteiger partial charge on any atom is -0.494 e. The van der Waals surface area contributed by atoms with Crippen LogP contribution in [-0.4, -0.2) is 34.1 Å². The van der Waals surface area contributed by atoms with Gasteiger partial charge in [0.25, 0.3) is 0 Å². The van der Waals surface area contributed by atoms with Gasteiger partial charge in [-0.15, -0.1) is 11.3 Å². The third-order valence-corrected chi connectivity index (χ3v) is 5.95. The second kappa shape index (κ2) is 7.73. The van der Waals surface area contributed by atoms with Crippen LogP contribution in [0.4, 0.5) is 4.79 Å². The molecule has 0 aromatic carbocycles. The fraction of sp³-hybridized carbons (Fsp3) is 0.304. The summed E-state index contributed by atoms with van der Waals surface area (Å²) >= 11 is 7.61. The Morgan fingerprint density at radius 3 is 2.61 bits per heavy atom. The zero-order valence-electron chi connectivity index (χ0n) is 18.3. The number of aliphatic imine (C=N–C) groups is 1. The number of hydrogen-bond donors (Lipinski definition) is 1. The topological polar surface area (TPSA) is 68.6 Å². The van der Waals surface area contributed by atoms with E-state index in [4.69, 9.17) is 26.1 Å². The number of aromatic nitrogens is 2. The number of aryl methyl sites for hydroxylation is 2. The minimum absolute atomic E-state index is 0.477. The van der Waals surface area contributed by atoms with E-state index in [-0.39, 0.29) is 0 Å². The molecule has 0 amide bonds. The highest BCUT2D eigenvalue weighted by Gasteiger charge is 2.27. The normalized spacial score (nSPS) is 15.5. The van der Waals surface area contributed by atoms with Gasteiger partial charge in [-0.05, 0) is 64.5 Å². The molecule has 0 atom stereocenters. The molecule has 6 nitrogen and oxygen atoms in total. The van der Waals surface area contributed by atoms with Gasteiger partial charge >= 0.3 is 6.09 Å². The Morgan fingerprint density at radius 1 is 1.26 bits per heavy atom. The van der Waals surface area contributed by atoms with Gasteiger partial charge in [-0.3, -0.25) is 0 Å². The summed E-state index contributed by atoms with van der Waals surface area (Å²) in [5.74, 6) is 0.625. The van der Waals surface area contributed by atoms with Crippen LogP contribution >= 0.6 is 22.9 Å². The maximum atomic E-state index is 13.1. The third-order valence-electron chi connectivity index (χ3n) is 4.75. The predicted octanol–water partition coefficient (Wildman–Crippen LogP) is 6.46. The Balaban J connectivity index is 1.83. The lowest BCUT2D eigenvalue weighted by atomic mass is 10.2. The number of ether oxygens (including phenoxy) is 2. The molecule has 0 radical (unpaired) electrons. The summed E-state index contributed by atoms with van der Waals surface area (Å²) in [6, 6.07) is 5.76. The lowest BCUT2D eigenvalue weighted by molar-refractivity contribution is 0.0544. The van der Waals surface area contributed by atoms with Crippen LogP contribution in [-0.2, 0) is 9.47 Å². The second-order valence-corrected chi connectivity index (χ2v) is 10.1. The van der Waals surface area contributed by atoms with E-state index in [0.29, 0.717) is 32.7 Å². The zero-order chi connectivity index (χ0) is 22.5. The molecule has 0 unspecified atom stereocenters. The van der Waals surface area contributed by atoms with E-state index in [0.717, 1.165) is 21.7 Å². The van der Waals surface area contributed by atoms with Gasteiger partial charge < -0.3 is 14.5 Å². The summed E-state index contributed by atoms with van der Waals surface area (Å²) in [6.07, 6.45) is 3.30. The number of nitrogens with one attached hydrogen (secondary N) is 1. The molecule has 162 valence electrons. The molecule has 0 aliphatic carbocycles. The molecule has 4 rings (SSSR count). The van der Waals surface area contributed by atoms with Crippen molar-refractivity contribution in [3.8, 4) is 0 Å². The highest BCUT2D eigenvalue weighted by molar-refractivity contribution is 7.22. The third kappa shape index (κ3) is 4.20. The van der Waals surface area contributed by atoms with Gasteiger partial charge in [-0.25, -0.2) is 14.4 Å². The van der Waals surface area contributed by atoms with Crippen molar-refractivity contribution >= 4 is 51.0 Å². The zero-order valence-corrected chi connectivity index (χ0v) is 19.9. The van der Waals surface area contributed by atoms with E-state index in [1.54, 1.807) is 13.2 Å². The summed E-state index contributed by atoms with van der Waals surface area (Å²) in [4.78, 5) is 21.2. The van der Waals surface area contributed by atoms with Gasteiger partial charge in [0.1, 0.15) is 17.1 Å². The Hall–Kier alpha value is -2.77. The lowest BCUT2D eigenvalue weighted by Crippen LogP contribution is -2.28. The molecule has 1 aliphatic heterocycles. The SMILES string of the molecule is COC1=CC(c2cc3sc(Cl)cc3n2C(=O)OC(C)(C)C)=N/C1=C\c1[nH]c(C)cc1C. The molecule has 0 bridgehead atoms. The number of rotatable bonds is 3. The molecule has 0 saturated carbocycles. The Morgan fingerprint density at radius 2 is 2.00 bits per heavy atom. The summed E-state index contributed by atoms with van der Waals surface area (Å²) in [5, 5.41) is 0. The van der Waals surface area contributed by atoms with E-state index in [1.807, 2.05) is 52.8 Å². The first kappa shape index (κ1) is 21.5. The number of hydrogen-bond acceptors (Lipinski definition) is 5.